The van der Waals surface area contributed by atoms with E-state index in [0.717, 1.165) is 44.9 Å². The van der Waals surface area contributed by atoms with E-state index in [1.165, 1.54) is 0 Å². The smallest absolute Gasteiger partial charge is 0.220 e. The highest BCUT2D eigenvalue weighted by Crippen LogP contribution is 2.21. The van der Waals surface area contributed by atoms with Gasteiger partial charge >= 0.3 is 0 Å². The monoisotopic (exact) mass is 566 g/mol. The molecule has 2 aliphatic heterocycles. The van der Waals surface area contributed by atoms with Crippen molar-refractivity contribution < 1.29 is 59.9 Å². The maximum atomic E-state index is 12.1. The summed E-state index contributed by atoms with van der Waals surface area (Å²) in [4.78, 5) is 24.3. The van der Waals surface area contributed by atoms with E-state index in [4.69, 9.17) is 19.7 Å². The molecule has 0 spiro atoms. The van der Waals surface area contributed by atoms with Crippen LogP contribution in [0, 0.1) is 0 Å². The first-order valence-electron chi connectivity index (χ1n) is 13.8. The van der Waals surface area contributed by atoms with E-state index in [1.807, 2.05) is 0 Å². The Morgan fingerprint density at radius 1 is 0.513 bits per heavy atom. The number of unbranched alkanes of at least 4 members (excludes halogenated alkanes) is 8. The summed E-state index contributed by atoms with van der Waals surface area (Å²) in [5, 5.41) is 82.9. The molecule has 0 saturated carbocycles. The lowest BCUT2D eigenvalue weighted by atomic mass is 9.97. The van der Waals surface area contributed by atoms with Crippen molar-refractivity contribution in [2.24, 2.45) is 0 Å². The number of amides is 2. The molecule has 2 rings (SSSR count). The quantitative estimate of drug-likeness (QED) is 0.0847. The van der Waals surface area contributed by atoms with Crippen LogP contribution >= 0.6 is 0 Å². The van der Waals surface area contributed by atoms with Crippen molar-refractivity contribution in [3.63, 3.8) is 0 Å². The summed E-state index contributed by atoms with van der Waals surface area (Å²) in [6.45, 7) is -1.14. The van der Waals surface area contributed by atoms with Crippen LogP contribution in [0.15, 0.2) is 0 Å². The highest BCUT2D eigenvalue weighted by atomic mass is 16.6. The lowest BCUT2D eigenvalue weighted by molar-refractivity contribution is -0.253. The minimum Gasteiger partial charge on any atom is -0.394 e. The van der Waals surface area contributed by atoms with Crippen LogP contribution in [0.5, 0.6) is 0 Å². The Hall–Kier alpha value is -1.46. The van der Waals surface area contributed by atoms with Gasteiger partial charge in [-0.2, -0.15) is 0 Å². The summed E-state index contributed by atoms with van der Waals surface area (Å²) in [6, 6.07) is -2.35. The molecular weight excluding hydrogens is 520 g/mol. The molecule has 2 saturated heterocycles. The summed E-state index contributed by atoms with van der Waals surface area (Å²) in [7, 11) is 0. The molecule has 2 unspecified atom stereocenters. The van der Waals surface area contributed by atoms with E-state index in [-0.39, 0.29) is 24.7 Å². The number of rotatable bonds is 16. The van der Waals surface area contributed by atoms with Crippen molar-refractivity contribution >= 4 is 11.8 Å². The van der Waals surface area contributed by atoms with Gasteiger partial charge < -0.3 is 61.0 Å². The summed E-state index contributed by atoms with van der Waals surface area (Å²) in [5.41, 5.74) is 0. The Balaban J connectivity index is 1.46. The van der Waals surface area contributed by atoms with Gasteiger partial charge in [-0.25, -0.2) is 0 Å². The average Bonchev–Trinajstić information content (AvgIpc) is 2.91. The molecule has 10 N–H and O–H groups in total. The van der Waals surface area contributed by atoms with Crippen LogP contribution in [-0.4, -0.2) is 127 Å². The number of aliphatic hydroxyl groups excluding tert-OH is 8. The van der Waals surface area contributed by atoms with E-state index in [0.29, 0.717) is 12.8 Å². The molecule has 0 aliphatic carbocycles. The van der Waals surface area contributed by atoms with Gasteiger partial charge in [0.05, 0.1) is 13.2 Å². The van der Waals surface area contributed by atoms with Crippen LogP contribution in [0.25, 0.3) is 0 Å². The van der Waals surface area contributed by atoms with Crippen molar-refractivity contribution in [2.75, 3.05) is 13.2 Å². The standard InChI is InChI=1S/C25H46N2O12/c28-12-14-20(32)22(34)18(24(36)38-14)26-16(30)10-8-6-4-2-1-3-5-7-9-11-17(31)27-19-23(35)21(33)15(13-29)39-25(19)37/h14-15,18-25,28-29,32-37H,1-13H2,(H,26,30)(H,27,31)/t14-,15-,18-,19-,20-,21-,22-,23-,24?,25?/m1/s1. The molecular formula is C25H46N2O12. The molecule has 0 radical (unpaired) electrons. The third-order valence-electron chi connectivity index (χ3n) is 7.26. The molecule has 0 aromatic rings. The van der Waals surface area contributed by atoms with Gasteiger partial charge in [0.25, 0.3) is 0 Å². The Kier molecular flexibility index (Phi) is 15.0. The first kappa shape index (κ1) is 33.7. The van der Waals surface area contributed by atoms with Gasteiger partial charge in [-0.3, -0.25) is 9.59 Å². The van der Waals surface area contributed by atoms with Gasteiger partial charge in [-0.05, 0) is 12.8 Å². The molecule has 39 heavy (non-hydrogen) atoms. The van der Waals surface area contributed by atoms with Crippen LogP contribution in [0.4, 0.5) is 0 Å². The molecule has 10 atom stereocenters. The summed E-state index contributed by atoms with van der Waals surface area (Å²) in [5.74, 6) is -0.739. The molecule has 2 amide bonds. The van der Waals surface area contributed by atoms with Gasteiger partial charge in [0, 0.05) is 12.8 Å². The van der Waals surface area contributed by atoms with E-state index >= 15 is 0 Å². The van der Waals surface area contributed by atoms with Crippen LogP contribution in [0.1, 0.15) is 70.6 Å². The van der Waals surface area contributed by atoms with Gasteiger partial charge in [0.1, 0.15) is 48.7 Å². The fourth-order valence-electron chi connectivity index (χ4n) is 4.83. The maximum absolute atomic E-state index is 12.1. The molecule has 228 valence electrons. The van der Waals surface area contributed by atoms with Crippen molar-refractivity contribution in [3.8, 4) is 0 Å². The third-order valence-corrected chi connectivity index (χ3v) is 7.26. The molecule has 2 aliphatic rings. The summed E-state index contributed by atoms with van der Waals surface area (Å²) < 4.78 is 10.0. The largest absolute Gasteiger partial charge is 0.394 e. The van der Waals surface area contributed by atoms with Crippen LogP contribution in [0.3, 0.4) is 0 Å². The number of carbonyl (C=O) groups excluding carboxylic acids is 2. The number of nitrogens with one attached hydrogen (secondary N) is 2. The van der Waals surface area contributed by atoms with Gasteiger partial charge in [0.2, 0.25) is 11.8 Å². The predicted molar refractivity (Wildman–Crippen MR) is 135 cm³/mol. The minimum absolute atomic E-state index is 0.208. The zero-order valence-corrected chi connectivity index (χ0v) is 22.2. The van der Waals surface area contributed by atoms with E-state index in [9.17, 15) is 40.2 Å². The summed E-state index contributed by atoms with van der Waals surface area (Å²) >= 11 is 0. The highest BCUT2D eigenvalue weighted by molar-refractivity contribution is 5.76. The zero-order valence-electron chi connectivity index (χ0n) is 22.2. The Morgan fingerprint density at radius 2 is 0.821 bits per heavy atom. The Bertz CT molecular complexity index is 673. The van der Waals surface area contributed by atoms with Crippen LogP contribution < -0.4 is 10.6 Å². The fourth-order valence-corrected chi connectivity index (χ4v) is 4.83. The average molecular weight is 567 g/mol. The van der Waals surface area contributed by atoms with Crippen LogP contribution in [-0.2, 0) is 19.1 Å². The highest BCUT2D eigenvalue weighted by Gasteiger charge is 2.45. The minimum atomic E-state index is -1.53. The number of aliphatic hydroxyl groups is 8. The Labute approximate surface area is 227 Å². The lowest BCUT2D eigenvalue weighted by Gasteiger charge is -2.40. The zero-order chi connectivity index (χ0) is 28.9. The van der Waals surface area contributed by atoms with E-state index in [1.54, 1.807) is 0 Å². The molecule has 0 aromatic carbocycles. The van der Waals surface area contributed by atoms with Crippen molar-refractivity contribution in [3.05, 3.63) is 0 Å². The second kappa shape index (κ2) is 17.4. The van der Waals surface area contributed by atoms with Gasteiger partial charge in [-0.1, -0.05) is 44.9 Å². The maximum Gasteiger partial charge on any atom is 0.220 e. The van der Waals surface area contributed by atoms with E-state index in [2.05, 4.69) is 10.6 Å². The fraction of sp³-hybridized carbons (Fsp3) is 0.920. The number of ether oxygens (including phenoxy) is 2. The molecule has 14 nitrogen and oxygen atoms in total. The summed E-state index contributed by atoms with van der Waals surface area (Å²) in [6.07, 6.45) is -2.77. The van der Waals surface area contributed by atoms with Gasteiger partial charge in [0.15, 0.2) is 12.6 Å². The first-order valence-corrected chi connectivity index (χ1v) is 13.8. The molecule has 0 aromatic heterocycles. The lowest BCUT2D eigenvalue weighted by Crippen LogP contribution is -2.64. The van der Waals surface area contributed by atoms with Crippen LogP contribution in [0.2, 0.25) is 0 Å². The second-order valence-electron chi connectivity index (χ2n) is 10.3. The second-order valence-corrected chi connectivity index (χ2v) is 10.3. The molecule has 2 heterocycles. The normalized spacial score (nSPS) is 35.0. The van der Waals surface area contributed by atoms with Crippen molar-refractivity contribution in [1.82, 2.24) is 10.6 Å². The number of carbonyl (C=O) groups is 2. The van der Waals surface area contributed by atoms with E-state index < -0.39 is 74.5 Å². The SMILES string of the molecule is O=C(CCCCCCCCCCCC(=O)N[C@H]1C(O)O[C@H](CO)[C@@H](O)[C@@H]1O)N[C@H]1C(O)O[C@H](CO)[C@@H](O)[C@@H]1O. The molecule has 14 heteroatoms. The number of hydrogen-bond donors (Lipinski definition) is 10. The number of hydrogen-bond acceptors (Lipinski definition) is 12. The Morgan fingerprint density at radius 3 is 1.13 bits per heavy atom. The predicted octanol–water partition coefficient (Wildman–Crippen LogP) is -2.89. The molecule has 2 fully saturated rings. The van der Waals surface area contributed by atoms with Gasteiger partial charge in [-0.15, -0.1) is 0 Å². The third kappa shape index (κ3) is 10.5. The van der Waals surface area contributed by atoms with Crippen molar-refractivity contribution in [1.29, 1.82) is 0 Å². The first-order chi connectivity index (χ1) is 18.6. The van der Waals surface area contributed by atoms with Crippen molar-refractivity contribution in [2.45, 2.75) is 132 Å². The topological polar surface area (TPSA) is 238 Å². The molecule has 0 bridgehead atoms.